The van der Waals surface area contributed by atoms with Crippen LogP contribution < -0.4 is 5.73 Å². The van der Waals surface area contributed by atoms with Gasteiger partial charge in [-0.25, -0.2) is 0 Å². The molecule has 0 fully saturated rings. The molecule has 0 spiro atoms. The van der Waals surface area contributed by atoms with Crippen molar-refractivity contribution < 1.29 is 4.79 Å². The molecule has 20 heavy (non-hydrogen) atoms. The van der Waals surface area contributed by atoms with E-state index in [9.17, 15) is 4.79 Å². The fourth-order valence-electron chi connectivity index (χ4n) is 2.23. The maximum atomic E-state index is 12.2. The third-order valence-electron chi connectivity index (χ3n) is 3.58. The number of carbonyl (C=O) groups excluding carboxylic acids is 1. The lowest BCUT2D eigenvalue weighted by Gasteiger charge is -2.28. The van der Waals surface area contributed by atoms with Crippen LogP contribution in [0.1, 0.15) is 25.8 Å². The van der Waals surface area contributed by atoms with Crippen molar-refractivity contribution in [2.75, 3.05) is 26.7 Å². The number of hydrogen-bond acceptors (Lipinski definition) is 4. The van der Waals surface area contributed by atoms with Gasteiger partial charge in [-0.15, -0.1) is 0 Å². The lowest BCUT2D eigenvalue weighted by molar-refractivity contribution is -0.132. The Morgan fingerprint density at radius 2 is 2.10 bits per heavy atom. The highest BCUT2D eigenvalue weighted by molar-refractivity contribution is 5.76. The summed E-state index contributed by atoms with van der Waals surface area (Å²) in [6, 6.07) is 4.01. The van der Waals surface area contributed by atoms with Gasteiger partial charge in [-0.3, -0.25) is 14.7 Å². The van der Waals surface area contributed by atoms with Crippen LogP contribution in [0.4, 0.5) is 0 Å². The number of likely N-dealkylation sites (N-methyl/N-ethyl adjacent to an activating group) is 1. The number of rotatable bonds is 8. The van der Waals surface area contributed by atoms with Gasteiger partial charge in [0.05, 0.1) is 0 Å². The zero-order valence-electron chi connectivity index (χ0n) is 12.7. The second-order valence-corrected chi connectivity index (χ2v) is 4.94. The number of hydrogen-bond donors (Lipinski definition) is 1. The summed E-state index contributed by atoms with van der Waals surface area (Å²) in [6.07, 6.45) is 4.07. The van der Waals surface area contributed by atoms with Crippen molar-refractivity contribution in [3.05, 3.63) is 30.1 Å². The van der Waals surface area contributed by atoms with E-state index >= 15 is 0 Å². The molecule has 0 radical (unpaired) electrons. The first-order chi connectivity index (χ1) is 9.62. The standard InChI is InChI=1S/C15H26N4O/c1-4-19(5-2)15(20)9-14(10-16)18(3)12-13-7-6-8-17-11-13/h6-8,11,14H,4-5,9-10,12,16H2,1-3H3. The first-order valence-corrected chi connectivity index (χ1v) is 7.19. The average Bonchev–Trinajstić information content (AvgIpc) is 2.47. The van der Waals surface area contributed by atoms with Gasteiger partial charge in [-0.1, -0.05) is 6.07 Å². The molecule has 0 saturated heterocycles. The van der Waals surface area contributed by atoms with Crippen molar-refractivity contribution in [2.45, 2.75) is 32.9 Å². The minimum absolute atomic E-state index is 0.0586. The van der Waals surface area contributed by atoms with Crippen LogP contribution >= 0.6 is 0 Å². The summed E-state index contributed by atoms with van der Waals surface area (Å²) in [6.45, 7) is 6.72. The summed E-state index contributed by atoms with van der Waals surface area (Å²) >= 11 is 0. The third-order valence-corrected chi connectivity index (χ3v) is 3.58. The van der Waals surface area contributed by atoms with E-state index < -0.39 is 0 Å². The van der Waals surface area contributed by atoms with Crippen molar-refractivity contribution in [1.82, 2.24) is 14.8 Å². The zero-order valence-corrected chi connectivity index (χ0v) is 12.7. The van der Waals surface area contributed by atoms with E-state index in [0.29, 0.717) is 13.0 Å². The summed E-state index contributed by atoms with van der Waals surface area (Å²) in [5, 5.41) is 0. The predicted molar refractivity (Wildman–Crippen MR) is 81.1 cm³/mol. The molecule has 0 aliphatic rings. The topological polar surface area (TPSA) is 62.5 Å². The Balaban J connectivity index is 2.59. The molecule has 0 saturated carbocycles. The van der Waals surface area contributed by atoms with E-state index in [-0.39, 0.29) is 11.9 Å². The molecule has 0 aliphatic carbocycles. The van der Waals surface area contributed by atoms with E-state index in [1.165, 1.54) is 0 Å². The van der Waals surface area contributed by atoms with E-state index in [4.69, 9.17) is 5.73 Å². The van der Waals surface area contributed by atoms with Gasteiger partial charge in [0.15, 0.2) is 0 Å². The van der Waals surface area contributed by atoms with Crippen LogP contribution in [0.2, 0.25) is 0 Å². The number of amides is 1. The van der Waals surface area contributed by atoms with Gasteiger partial charge in [0.25, 0.3) is 0 Å². The Hall–Kier alpha value is -1.46. The van der Waals surface area contributed by atoms with E-state index in [2.05, 4.69) is 9.88 Å². The van der Waals surface area contributed by atoms with Crippen LogP contribution in [-0.4, -0.2) is 53.4 Å². The van der Waals surface area contributed by atoms with Crippen LogP contribution in [0, 0.1) is 0 Å². The largest absolute Gasteiger partial charge is 0.343 e. The maximum Gasteiger partial charge on any atom is 0.224 e. The molecule has 1 aromatic heterocycles. The summed E-state index contributed by atoms with van der Waals surface area (Å²) in [5.74, 6) is 0.170. The Bertz CT molecular complexity index is 392. The normalized spacial score (nSPS) is 12.4. The van der Waals surface area contributed by atoms with Gasteiger partial charge in [0.1, 0.15) is 0 Å². The minimum Gasteiger partial charge on any atom is -0.343 e. The third kappa shape index (κ3) is 4.90. The molecule has 1 unspecified atom stereocenters. The monoisotopic (exact) mass is 278 g/mol. The molecule has 5 heteroatoms. The smallest absolute Gasteiger partial charge is 0.224 e. The maximum absolute atomic E-state index is 12.2. The van der Waals surface area contributed by atoms with E-state index in [1.807, 2.05) is 44.1 Å². The van der Waals surface area contributed by atoms with Crippen LogP contribution in [0.15, 0.2) is 24.5 Å². The molecule has 1 amide bonds. The Morgan fingerprint density at radius 1 is 1.40 bits per heavy atom. The van der Waals surface area contributed by atoms with Gasteiger partial charge in [-0.2, -0.15) is 0 Å². The van der Waals surface area contributed by atoms with Crippen molar-refractivity contribution in [3.63, 3.8) is 0 Å². The van der Waals surface area contributed by atoms with E-state index in [0.717, 1.165) is 25.2 Å². The Morgan fingerprint density at radius 3 is 2.60 bits per heavy atom. The highest BCUT2D eigenvalue weighted by atomic mass is 16.2. The van der Waals surface area contributed by atoms with Crippen LogP contribution in [0.3, 0.4) is 0 Å². The lowest BCUT2D eigenvalue weighted by Crippen LogP contribution is -2.42. The van der Waals surface area contributed by atoms with E-state index in [1.54, 1.807) is 6.20 Å². The highest BCUT2D eigenvalue weighted by Crippen LogP contribution is 2.09. The summed E-state index contributed by atoms with van der Waals surface area (Å²) in [7, 11) is 2.00. The first kappa shape index (κ1) is 16.6. The fraction of sp³-hybridized carbons (Fsp3) is 0.600. The van der Waals surface area contributed by atoms with Gasteiger partial charge >= 0.3 is 0 Å². The van der Waals surface area contributed by atoms with Crippen molar-refractivity contribution in [3.8, 4) is 0 Å². The summed E-state index contributed by atoms with van der Waals surface area (Å²) < 4.78 is 0. The molecule has 1 atom stereocenters. The molecule has 1 heterocycles. The molecule has 2 N–H and O–H groups in total. The molecule has 1 aromatic rings. The SMILES string of the molecule is CCN(CC)C(=O)CC(CN)N(C)Cc1cccnc1. The Labute approximate surface area is 121 Å². The molecule has 112 valence electrons. The number of carbonyl (C=O) groups is 1. The number of nitrogens with zero attached hydrogens (tertiary/aromatic N) is 3. The lowest BCUT2D eigenvalue weighted by atomic mass is 10.1. The second kappa shape index (κ2) is 8.66. The predicted octanol–water partition coefficient (Wildman–Crippen LogP) is 1.10. The molecule has 0 aliphatic heterocycles. The van der Waals surface area contributed by atoms with Gasteiger partial charge in [0, 0.05) is 51.0 Å². The molecular weight excluding hydrogens is 252 g/mol. The van der Waals surface area contributed by atoms with Crippen LogP contribution in [0.25, 0.3) is 0 Å². The van der Waals surface area contributed by atoms with Crippen molar-refractivity contribution in [2.24, 2.45) is 5.73 Å². The summed E-state index contributed by atoms with van der Waals surface area (Å²) in [4.78, 5) is 20.2. The van der Waals surface area contributed by atoms with Gasteiger partial charge in [-0.05, 0) is 32.5 Å². The fourth-order valence-corrected chi connectivity index (χ4v) is 2.23. The van der Waals surface area contributed by atoms with Crippen LogP contribution in [0.5, 0.6) is 0 Å². The quantitative estimate of drug-likeness (QED) is 0.773. The number of pyridine rings is 1. The zero-order chi connectivity index (χ0) is 15.0. The van der Waals surface area contributed by atoms with Crippen LogP contribution in [-0.2, 0) is 11.3 Å². The minimum atomic E-state index is 0.0586. The van der Waals surface area contributed by atoms with Crippen molar-refractivity contribution in [1.29, 1.82) is 0 Å². The molecule has 0 aromatic carbocycles. The van der Waals surface area contributed by atoms with Gasteiger partial charge < -0.3 is 10.6 Å². The second-order valence-electron chi connectivity index (χ2n) is 4.94. The molecule has 0 bridgehead atoms. The summed E-state index contributed by atoms with van der Waals surface area (Å²) in [5.41, 5.74) is 6.96. The number of nitrogens with two attached hydrogens (primary N) is 1. The van der Waals surface area contributed by atoms with Gasteiger partial charge in [0.2, 0.25) is 5.91 Å². The average molecular weight is 278 g/mol. The molecule has 5 nitrogen and oxygen atoms in total. The Kier molecular flexibility index (Phi) is 7.18. The first-order valence-electron chi connectivity index (χ1n) is 7.19. The van der Waals surface area contributed by atoms with Crippen molar-refractivity contribution >= 4 is 5.91 Å². The molecule has 1 rings (SSSR count). The highest BCUT2D eigenvalue weighted by Gasteiger charge is 2.20. The molecular formula is C15H26N4O. The number of aromatic nitrogens is 1.